The molecule has 1 aliphatic rings. The molecule has 33 heavy (non-hydrogen) atoms. The number of ether oxygens (including phenoxy) is 2. The van der Waals surface area contributed by atoms with Gasteiger partial charge < -0.3 is 19.0 Å². The lowest BCUT2D eigenvalue weighted by Gasteiger charge is -2.27. The van der Waals surface area contributed by atoms with Crippen LogP contribution in [0.3, 0.4) is 0 Å². The molecule has 0 spiro atoms. The number of benzene rings is 2. The maximum Gasteiger partial charge on any atom is 0.343 e. The Hall–Kier alpha value is -2.79. The predicted octanol–water partition coefficient (Wildman–Crippen LogP) is 6.58. The van der Waals surface area contributed by atoms with Crippen LogP contribution in [0.2, 0.25) is 0 Å². The third-order valence-electron chi connectivity index (χ3n) is 6.72. The fourth-order valence-electron chi connectivity index (χ4n) is 4.66. The van der Waals surface area contributed by atoms with Crippen molar-refractivity contribution in [2.24, 2.45) is 0 Å². The first-order valence-corrected chi connectivity index (χ1v) is 12.2. The number of fused-ring (bicyclic) bond motifs is 1. The van der Waals surface area contributed by atoms with Crippen molar-refractivity contribution in [1.82, 2.24) is 0 Å². The Balaban J connectivity index is 1.91. The van der Waals surface area contributed by atoms with Crippen molar-refractivity contribution in [1.29, 1.82) is 0 Å². The van der Waals surface area contributed by atoms with Gasteiger partial charge in [-0.05, 0) is 68.7 Å². The van der Waals surface area contributed by atoms with E-state index in [4.69, 9.17) is 13.9 Å². The second-order valence-electron chi connectivity index (χ2n) is 8.91. The molecule has 1 fully saturated rings. The van der Waals surface area contributed by atoms with Gasteiger partial charge in [0.15, 0.2) is 11.5 Å². The lowest BCUT2D eigenvalue weighted by atomic mass is 9.86. The van der Waals surface area contributed by atoms with Crippen molar-refractivity contribution in [2.75, 3.05) is 6.61 Å². The van der Waals surface area contributed by atoms with Crippen LogP contribution in [0.15, 0.2) is 51.7 Å². The molecule has 0 aliphatic heterocycles. The highest BCUT2D eigenvalue weighted by Crippen LogP contribution is 2.42. The Labute approximate surface area is 195 Å². The summed E-state index contributed by atoms with van der Waals surface area (Å²) in [6.07, 6.45) is 6.47. The third-order valence-corrected chi connectivity index (χ3v) is 6.72. The van der Waals surface area contributed by atoms with Crippen molar-refractivity contribution < 1.29 is 19.0 Å². The van der Waals surface area contributed by atoms with Gasteiger partial charge in [0.05, 0.1) is 18.1 Å². The normalized spacial score (nSPS) is 14.7. The van der Waals surface area contributed by atoms with E-state index in [0.717, 1.165) is 41.5 Å². The van der Waals surface area contributed by atoms with Crippen molar-refractivity contribution in [3.05, 3.63) is 58.6 Å². The van der Waals surface area contributed by atoms with Gasteiger partial charge in [0.1, 0.15) is 11.4 Å². The Morgan fingerprint density at radius 1 is 1.00 bits per heavy atom. The first kappa shape index (κ1) is 23.4. The van der Waals surface area contributed by atoms with E-state index in [0.29, 0.717) is 36.3 Å². The van der Waals surface area contributed by atoms with Gasteiger partial charge in [0.25, 0.3) is 0 Å². The standard InChI is InChI=1S/C28H34O5/c1-4-17-31-24-18-19(15-16-23(24)32-20-11-7-8-12-20)25-21-13-9-10-14-22(21)27(29)33-26(25)28(30,5-2)6-3/h9-10,13-16,18,20,30H,4-8,11-12,17H2,1-3H3. The van der Waals surface area contributed by atoms with Gasteiger partial charge in [-0.2, -0.15) is 0 Å². The Morgan fingerprint density at radius 2 is 1.70 bits per heavy atom. The van der Waals surface area contributed by atoms with Crippen LogP contribution < -0.4 is 15.1 Å². The molecule has 0 radical (unpaired) electrons. The molecule has 5 heteroatoms. The second kappa shape index (κ2) is 10.0. The Kier molecular flexibility index (Phi) is 7.08. The largest absolute Gasteiger partial charge is 0.490 e. The molecule has 0 atom stereocenters. The van der Waals surface area contributed by atoms with Gasteiger partial charge >= 0.3 is 5.63 Å². The van der Waals surface area contributed by atoms with E-state index in [9.17, 15) is 9.90 Å². The van der Waals surface area contributed by atoms with E-state index in [1.165, 1.54) is 12.8 Å². The highest BCUT2D eigenvalue weighted by molar-refractivity contribution is 5.97. The van der Waals surface area contributed by atoms with Gasteiger partial charge in [0, 0.05) is 10.9 Å². The molecule has 1 aromatic heterocycles. The summed E-state index contributed by atoms with van der Waals surface area (Å²) < 4.78 is 18.2. The summed E-state index contributed by atoms with van der Waals surface area (Å²) in [4.78, 5) is 12.8. The lowest BCUT2D eigenvalue weighted by Crippen LogP contribution is -2.26. The van der Waals surface area contributed by atoms with Gasteiger partial charge in [-0.25, -0.2) is 4.79 Å². The van der Waals surface area contributed by atoms with E-state index in [-0.39, 0.29) is 6.10 Å². The summed E-state index contributed by atoms with van der Waals surface area (Å²) in [5.41, 5.74) is -0.129. The molecule has 3 aromatic rings. The molecule has 176 valence electrons. The van der Waals surface area contributed by atoms with Crippen molar-refractivity contribution >= 4 is 10.8 Å². The molecule has 0 unspecified atom stereocenters. The molecule has 2 aromatic carbocycles. The first-order chi connectivity index (χ1) is 16.0. The Bertz CT molecular complexity index is 1150. The maximum absolute atomic E-state index is 12.8. The zero-order valence-corrected chi connectivity index (χ0v) is 19.9. The average Bonchev–Trinajstić information content (AvgIpc) is 3.36. The van der Waals surface area contributed by atoms with Crippen LogP contribution in [0.25, 0.3) is 21.9 Å². The molecular formula is C28H34O5. The fraction of sp³-hybridized carbons (Fsp3) is 0.464. The van der Waals surface area contributed by atoms with E-state index in [1.54, 1.807) is 6.07 Å². The lowest BCUT2D eigenvalue weighted by molar-refractivity contribution is 0.00532. The molecule has 5 nitrogen and oxygen atoms in total. The average molecular weight is 451 g/mol. The molecule has 1 N–H and O–H groups in total. The zero-order valence-electron chi connectivity index (χ0n) is 19.9. The van der Waals surface area contributed by atoms with Crippen LogP contribution in [-0.4, -0.2) is 17.8 Å². The minimum atomic E-state index is -1.25. The second-order valence-corrected chi connectivity index (χ2v) is 8.91. The number of rotatable bonds is 9. The van der Waals surface area contributed by atoms with Crippen LogP contribution in [0, 0.1) is 0 Å². The predicted molar refractivity (Wildman–Crippen MR) is 131 cm³/mol. The first-order valence-electron chi connectivity index (χ1n) is 12.2. The van der Waals surface area contributed by atoms with Crippen molar-refractivity contribution in [3.8, 4) is 22.6 Å². The van der Waals surface area contributed by atoms with E-state index >= 15 is 0 Å². The molecule has 4 rings (SSSR count). The summed E-state index contributed by atoms with van der Waals surface area (Å²) in [5, 5.41) is 12.6. The molecular weight excluding hydrogens is 416 g/mol. The minimum absolute atomic E-state index is 0.219. The van der Waals surface area contributed by atoms with Crippen LogP contribution in [0.5, 0.6) is 11.5 Å². The fourth-order valence-corrected chi connectivity index (χ4v) is 4.66. The van der Waals surface area contributed by atoms with Crippen LogP contribution in [-0.2, 0) is 5.60 Å². The summed E-state index contributed by atoms with van der Waals surface area (Å²) in [7, 11) is 0. The summed E-state index contributed by atoms with van der Waals surface area (Å²) >= 11 is 0. The SMILES string of the molecule is CCCOc1cc(-c2c(C(O)(CC)CC)oc(=O)c3ccccc23)ccc1OC1CCCC1. The van der Waals surface area contributed by atoms with E-state index in [2.05, 4.69) is 6.92 Å². The quantitative estimate of drug-likeness (QED) is 0.399. The van der Waals surface area contributed by atoms with Crippen molar-refractivity contribution in [3.63, 3.8) is 0 Å². The minimum Gasteiger partial charge on any atom is -0.490 e. The van der Waals surface area contributed by atoms with Crippen LogP contribution >= 0.6 is 0 Å². The highest BCUT2D eigenvalue weighted by atomic mass is 16.5. The van der Waals surface area contributed by atoms with Crippen LogP contribution in [0.4, 0.5) is 0 Å². The number of hydrogen-bond donors (Lipinski definition) is 1. The molecule has 1 saturated carbocycles. The monoisotopic (exact) mass is 450 g/mol. The summed E-state index contributed by atoms with van der Waals surface area (Å²) in [5.74, 6) is 1.73. The summed E-state index contributed by atoms with van der Waals surface area (Å²) in [6.45, 7) is 6.45. The molecule has 0 amide bonds. The van der Waals surface area contributed by atoms with Crippen LogP contribution in [0.1, 0.15) is 71.5 Å². The van der Waals surface area contributed by atoms with E-state index < -0.39 is 11.2 Å². The third kappa shape index (κ3) is 4.65. The molecule has 0 bridgehead atoms. The van der Waals surface area contributed by atoms with Gasteiger partial charge in [-0.15, -0.1) is 0 Å². The smallest absolute Gasteiger partial charge is 0.343 e. The zero-order chi connectivity index (χ0) is 23.4. The number of aliphatic hydroxyl groups is 1. The van der Waals surface area contributed by atoms with Gasteiger partial charge in [0.2, 0.25) is 0 Å². The van der Waals surface area contributed by atoms with E-state index in [1.807, 2.05) is 50.2 Å². The van der Waals surface area contributed by atoms with Gasteiger partial charge in [-0.3, -0.25) is 0 Å². The van der Waals surface area contributed by atoms with Crippen molar-refractivity contribution in [2.45, 2.75) is 77.4 Å². The molecule has 1 aliphatic carbocycles. The molecule has 1 heterocycles. The topological polar surface area (TPSA) is 68.9 Å². The highest BCUT2D eigenvalue weighted by Gasteiger charge is 2.33. The summed E-state index contributed by atoms with van der Waals surface area (Å²) in [6, 6.07) is 13.3. The van der Waals surface area contributed by atoms with Gasteiger partial charge in [-0.1, -0.05) is 45.0 Å². The number of hydrogen-bond acceptors (Lipinski definition) is 5. The molecule has 0 saturated heterocycles. The Morgan fingerprint density at radius 3 is 2.36 bits per heavy atom. The maximum atomic E-state index is 12.8.